The number of carboxylic acid groups (broad SMARTS) is 1. The van der Waals surface area contributed by atoms with Crippen LogP contribution in [0.2, 0.25) is 0 Å². The van der Waals surface area contributed by atoms with Gasteiger partial charge in [0.1, 0.15) is 5.92 Å². The largest absolute Gasteiger partial charge is 0.481 e. The minimum atomic E-state index is -0.948. The molecule has 0 aliphatic carbocycles. The van der Waals surface area contributed by atoms with Crippen molar-refractivity contribution in [3.05, 3.63) is 18.2 Å². The van der Waals surface area contributed by atoms with Crippen molar-refractivity contribution < 1.29 is 19.4 Å². The predicted octanol–water partition coefficient (Wildman–Crippen LogP) is -0.349. The van der Waals surface area contributed by atoms with E-state index < -0.39 is 17.9 Å². The summed E-state index contributed by atoms with van der Waals surface area (Å²) in [5.41, 5.74) is 0.777. The maximum absolute atomic E-state index is 11.9. The van der Waals surface area contributed by atoms with Gasteiger partial charge in [-0.3, -0.25) is 4.79 Å². The lowest BCUT2D eigenvalue weighted by molar-refractivity contribution is -0.142. The molecule has 8 heteroatoms. The lowest BCUT2D eigenvalue weighted by Crippen LogP contribution is -2.48. The first kappa shape index (κ1) is 13.3. The number of aliphatic carboxylic acids is 1. The number of carboxylic acids is 1. The molecule has 1 aliphatic rings. The highest BCUT2D eigenvalue weighted by molar-refractivity contribution is 5.77. The van der Waals surface area contributed by atoms with Crippen LogP contribution in [0.3, 0.4) is 0 Å². The number of amides is 2. The molecule has 0 radical (unpaired) electrons. The molecular formula is C11H16N4O4. The number of nitrogens with one attached hydrogen (secondary N) is 2. The summed E-state index contributed by atoms with van der Waals surface area (Å²) in [4.78, 5) is 31.0. The highest BCUT2D eigenvalue weighted by atomic mass is 16.5. The summed E-state index contributed by atoms with van der Waals surface area (Å²) in [7, 11) is 1.57. The van der Waals surface area contributed by atoms with E-state index in [1.54, 1.807) is 13.2 Å². The molecule has 1 aliphatic heterocycles. The molecular weight excluding hydrogens is 252 g/mol. The molecule has 2 atom stereocenters. The predicted molar refractivity (Wildman–Crippen MR) is 64.3 cm³/mol. The van der Waals surface area contributed by atoms with Crippen molar-refractivity contribution in [2.24, 2.45) is 5.92 Å². The van der Waals surface area contributed by atoms with Crippen molar-refractivity contribution >= 4 is 12.0 Å². The number of hydrogen-bond donors (Lipinski definition) is 3. The number of urea groups is 1. The quantitative estimate of drug-likeness (QED) is 0.692. The maximum atomic E-state index is 11.9. The molecule has 0 spiro atoms. The second-order valence-corrected chi connectivity index (χ2v) is 4.40. The Balaban J connectivity index is 1.89. The number of ether oxygens (including phenoxy) is 1. The van der Waals surface area contributed by atoms with E-state index >= 15 is 0 Å². The molecule has 2 unspecified atom stereocenters. The molecule has 19 heavy (non-hydrogen) atoms. The molecule has 0 saturated carbocycles. The second kappa shape index (κ2) is 5.70. The third kappa shape index (κ3) is 3.02. The standard InChI is InChI=1S/C11H16N4O4/c1-15(9-5-19-4-8(9)10(16)17)11(18)13-3-7-2-12-6-14-7/h2,6,8-9H,3-5H2,1H3,(H,12,14)(H,13,18)(H,16,17). The molecule has 0 aromatic carbocycles. The van der Waals surface area contributed by atoms with E-state index in [-0.39, 0.29) is 19.2 Å². The maximum Gasteiger partial charge on any atom is 0.317 e. The summed E-state index contributed by atoms with van der Waals surface area (Å²) in [5.74, 6) is -1.63. The van der Waals surface area contributed by atoms with Crippen LogP contribution in [0.25, 0.3) is 0 Å². The first-order chi connectivity index (χ1) is 9.09. The van der Waals surface area contributed by atoms with Gasteiger partial charge in [0.05, 0.1) is 37.8 Å². The van der Waals surface area contributed by atoms with Crippen LogP contribution in [0.1, 0.15) is 5.69 Å². The average Bonchev–Trinajstić information content (AvgIpc) is 3.05. The molecule has 2 heterocycles. The first-order valence-corrected chi connectivity index (χ1v) is 5.88. The highest BCUT2D eigenvalue weighted by Gasteiger charge is 2.38. The van der Waals surface area contributed by atoms with E-state index in [4.69, 9.17) is 9.84 Å². The Bertz CT molecular complexity index is 448. The normalized spacial score (nSPS) is 22.2. The van der Waals surface area contributed by atoms with Gasteiger partial charge >= 0.3 is 12.0 Å². The molecule has 104 valence electrons. The third-order valence-electron chi connectivity index (χ3n) is 3.17. The second-order valence-electron chi connectivity index (χ2n) is 4.40. The zero-order chi connectivity index (χ0) is 13.8. The van der Waals surface area contributed by atoms with Crippen molar-refractivity contribution in [2.45, 2.75) is 12.6 Å². The van der Waals surface area contributed by atoms with E-state index in [9.17, 15) is 9.59 Å². The Morgan fingerprint density at radius 3 is 3.05 bits per heavy atom. The van der Waals surface area contributed by atoms with Gasteiger partial charge in [0.25, 0.3) is 0 Å². The summed E-state index contributed by atoms with van der Waals surface area (Å²) in [5, 5.41) is 11.7. The third-order valence-corrected chi connectivity index (χ3v) is 3.17. The van der Waals surface area contributed by atoms with E-state index in [0.717, 1.165) is 5.69 Å². The number of hydrogen-bond acceptors (Lipinski definition) is 4. The highest BCUT2D eigenvalue weighted by Crippen LogP contribution is 2.18. The molecule has 3 N–H and O–H groups in total. The van der Waals surface area contributed by atoms with Gasteiger partial charge in [0, 0.05) is 13.2 Å². The molecule has 8 nitrogen and oxygen atoms in total. The number of aromatic nitrogens is 2. The fourth-order valence-corrected chi connectivity index (χ4v) is 1.99. The van der Waals surface area contributed by atoms with Gasteiger partial charge in [-0.2, -0.15) is 0 Å². The number of imidazole rings is 1. The van der Waals surface area contributed by atoms with Crippen LogP contribution in [0.15, 0.2) is 12.5 Å². The van der Waals surface area contributed by atoms with Crippen molar-refractivity contribution in [3.8, 4) is 0 Å². The number of likely N-dealkylation sites (N-methyl/N-ethyl adjacent to an activating group) is 1. The molecule has 1 aromatic rings. The minimum absolute atomic E-state index is 0.137. The number of H-pyrrole nitrogens is 1. The Morgan fingerprint density at radius 2 is 2.42 bits per heavy atom. The smallest absolute Gasteiger partial charge is 0.317 e. The summed E-state index contributed by atoms with van der Waals surface area (Å²) in [6, 6.07) is -0.782. The van der Waals surface area contributed by atoms with E-state index in [1.807, 2.05) is 0 Å². The van der Waals surface area contributed by atoms with Gasteiger partial charge in [-0.15, -0.1) is 0 Å². The van der Waals surface area contributed by atoms with E-state index in [0.29, 0.717) is 6.54 Å². The monoisotopic (exact) mass is 268 g/mol. The van der Waals surface area contributed by atoms with Gasteiger partial charge < -0.3 is 25.0 Å². The molecule has 0 bridgehead atoms. The number of carbonyl (C=O) groups excluding carboxylic acids is 1. The van der Waals surface area contributed by atoms with Gasteiger partial charge in [-0.1, -0.05) is 0 Å². The number of rotatable bonds is 4. The van der Waals surface area contributed by atoms with Gasteiger partial charge in [0.2, 0.25) is 0 Å². The topological polar surface area (TPSA) is 108 Å². The Labute approximate surface area is 109 Å². The molecule has 2 amide bonds. The first-order valence-electron chi connectivity index (χ1n) is 5.88. The molecule has 1 saturated heterocycles. The zero-order valence-electron chi connectivity index (χ0n) is 10.5. The number of carbonyl (C=O) groups is 2. The zero-order valence-corrected chi connectivity index (χ0v) is 10.5. The van der Waals surface area contributed by atoms with Crippen LogP contribution in [-0.4, -0.2) is 58.3 Å². The Kier molecular flexibility index (Phi) is 4.00. The number of aromatic amines is 1. The van der Waals surface area contributed by atoms with Gasteiger partial charge in [-0.05, 0) is 0 Å². The van der Waals surface area contributed by atoms with Crippen LogP contribution >= 0.6 is 0 Å². The van der Waals surface area contributed by atoms with Crippen molar-refractivity contribution in [2.75, 3.05) is 20.3 Å². The molecule has 1 fully saturated rings. The van der Waals surface area contributed by atoms with E-state index in [1.165, 1.54) is 11.2 Å². The van der Waals surface area contributed by atoms with Crippen LogP contribution in [-0.2, 0) is 16.1 Å². The lowest BCUT2D eigenvalue weighted by atomic mass is 10.0. The Morgan fingerprint density at radius 1 is 1.63 bits per heavy atom. The van der Waals surface area contributed by atoms with Crippen molar-refractivity contribution in [1.82, 2.24) is 20.2 Å². The fourth-order valence-electron chi connectivity index (χ4n) is 1.99. The van der Waals surface area contributed by atoms with Crippen molar-refractivity contribution in [1.29, 1.82) is 0 Å². The summed E-state index contributed by atoms with van der Waals surface area (Å²) < 4.78 is 5.13. The lowest BCUT2D eigenvalue weighted by Gasteiger charge is -2.26. The average molecular weight is 268 g/mol. The fraction of sp³-hybridized carbons (Fsp3) is 0.545. The van der Waals surface area contributed by atoms with Gasteiger partial charge in [-0.25, -0.2) is 9.78 Å². The van der Waals surface area contributed by atoms with Crippen LogP contribution in [0, 0.1) is 5.92 Å². The summed E-state index contributed by atoms with van der Waals surface area (Å²) in [6.45, 7) is 0.692. The van der Waals surface area contributed by atoms with Crippen molar-refractivity contribution in [3.63, 3.8) is 0 Å². The van der Waals surface area contributed by atoms with Crippen LogP contribution in [0.4, 0.5) is 4.79 Å². The molecule has 2 rings (SSSR count). The van der Waals surface area contributed by atoms with Crippen LogP contribution < -0.4 is 5.32 Å². The minimum Gasteiger partial charge on any atom is -0.481 e. The Hall–Kier alpha value is -2.09. The number of nitrogens with zero attached hydrogens (tertiary/aromatic N) is 2. The van der Waals surface area contributed by atoms with Crippen LogP contribution in [0.5, 0.6) is 0 Å². The van der Waals surface area contributed by atoms with E-state index in [2.05, 4.69) is 15.3 Å². The SMILES string of the molecule is CN(C(=O)NCc1cnc[nH]1)C1COCC1C(=O)O. The summed E-state index contributed by atoms with van der Waals surface area (Å²) in [6.07, 6.45) is 3.13. The summed E-state index contributed by atoms with van der Waals surface area (Å²) >= 11 is 0. The van der Waals surface area contributed by atoms with Gasteiger partial charge in [0.15, 0.2) is 0 Å². The molecule has 1 aromatic heterocycles.